The van der Waals surface area contributed by atoms with E-state index in [1.54, 1.807) is 13.0 Å². The van der Waals surface area contributed by atoms with Gasteiger partial charge < -0.3 is 10.5 Å². The maximum absolute atomic E-state index is 11.6. The summed E-state index contributed by atoms with van der Waals surface area (Å²) in [6, 6.07) is 3.58. The van der Waals surface area contributed by atoms with Crippen molar-refractivity contribution in [2.24, 2.45) is 10.8 Å². The van der Waals surface area contributed by atoms with Crippen molar-refractivity contribution in [1.29, 1.82) is 0 Å². The molecule has 1 aromatic rings. The number of nitrogens with two attached hydrogens (primary N) is 1. The lowest BCUT2D eigenvalue weighted by molar-refractivity contribution is -0.134. The van der Waals surface area contributed by atoms with Gasteiger partial charge in [-0.05, 0) is 30.6 Å². The maximum atomic E-state index is 11.6. The van der Waals surface area contributed by atoms with Gasteiger partial charge in [0.2, 0.25) is 0 Å². The van der Waals surface area contributed by atoms with Crippen LogP contribution in [0.1, 0.15) is 11.8 Å². The van der Waals surface area contributed by atoms with Crippen molar-refractivity contribution < 1.29 is 9.53 Å². The molecule has 0 aromatic carbocycles. The molecule has 0 spiro atoms. The number of nitrogens with one attached hydrogen (secondary N) is 1. The molecule has 5 nitrogen and oxygen atoms in total. The molecule has 16 heavy (non-hydrogen) atoms. The average Bonchev–Trinajstić information content (AvgIpc) is 2.71. The zero-order valence-electron chi connectivity index (χ0n) is 8.60. The monoisotopic (exact) mass is 257 g/mol. The zero-order chi connectivity index (χ0) is 12.0. The van der Waals surface area contributed by atoms with E-state index in [0.29, 0.717) is 4.88 Å². The molecule has 1 rings (SSSR count). The van der Waals surface area contributed by atoms with Gasteiger partial charge in [-0.3, -0.25) is 5.43 Å². The summed E-state index contributed by atoms with van der Waals surface area (Å²) in [6.45, 7) is 2.02. The number of hydrazone groups is 1. The van der Waals surface area contributed by atoms with Gasteiger partial charge in [0.25, 0.3) is 0 Å². The van der Waals surface area contributed by atoms with Gasteiger partial charge in [-0.2, -0.15) is 5.10 Å². The molecule has 0 amide bonds. The summed E-state index contributed by atoms with van der Waals surface area (Å²) in [5.41, 5.74) is 7.78. The number of carbonyl (C=O) groups is 1. The van der Waals surface area contributed by atoms with Gasteiger partial charge in [0.1, 0.15) is 0 Å². The highest BCUT2D eigenvalue weighted by Crippen LogP contribution is 2.10. The molecule has 0 radical (unpaired) electrons. The van der Waals surface area contributed by atoms with Crippen molar-refractivity contribution in [2.75, 3.05) is 6.61 Å². The Morgan fingerprint density at radius 1 is 1.75 bits per heavy atom. The Kier molecular flexibility index (Phi) is 4.87. The van der Waals surface area contributed by atoms with Crippen LogP contribution in [0.4, 0.5) is 0 Å². The summed E-state index contributed by atoms with van der Waals surface area (Å²) >= 11 is 5.99. The SMILES string of the molecule is CCOC(=O)/C(=N\NC(N)=S)c1cccs1. The summed E-state index contributed by atoms with van der Waals surface area (Å²) in [5.74, 6) is -0.506. The van der Waals surface area contributed by atoms with Crippen molar-refractivity contribution >= 4 is 40.3 Å². The fourth-order valence-electron chi connectivity index (χ4n) is 0.925. The molecule has 7 heteroatoms. The van der Waals surface area contributed by atoms with E-state index >= 15 is 0 Å². The normalized spacial score (nSPS) is 10.9. The highest BCUT2D eigenvalue weighted by molar-refractivity contribution is 7.80. The summed E-state index contributed by atoms with van der Waals surface area (Å²) in [6.07, 6.45) is 0. The average molecular weight is 257 g/mol. The lowest BCUT2D eigenvalue weighted by Crippen LogP contribution is -2.28. The number of rotatable bonds is 4. The minimum atomic E-state index is -0.506. The van der Waals surface area contributed by atoms with Crippen LogP contribution < -0.4 is 11.2 Å². The standard InChI is InChI=1S/C9H11N3O2S2/c1-2-14-8(13)7(11-12-9(10)15)6-4-3-5-16-6/h3-5H,2H2,1H3,(H3,10,12,15)/b11-7-. The fraction of sp³-hybridized carbons (Fsp3) is 0.222. The van der Waals surface area contributed by atoms with E-state index in [-0.39, 0.29) is 17.4 Å². The molecule has 3 N–H and O–H groups in total. The van der Waals surface area contributed by atoms with E-state index in [0.717, 1.165) is 0 Å². The Morgan fingerprint density at radius 2 is 2.50 bits per heavy atom. The molecule has 1 aromatic heterocycles. The van der Waals surface area contributed by atoms with Crippen LogP contribution in [0.15, 0.2) is 22.6 Å². The van der Waals surface area contributed by atoms with Crippen LogP contribution in [0.3, 0.4) is 0 Å². The maximum Gasteiger partial charge on any atom is 0.360 e. The molecule has 0 aliphatic rings. The minimum absolute atomic E-state index is 0.00152. The van der Waals surface area contributed by atoms with Crippen LogP contribution in [0.2, 0.25) is 0 Å². The molecule has 0 aliphatic carbocycles. The van der Waals surface area contributed by atoms with Gasteiger partial charge in [0.15, 0.2) is 10.8 Å². The van der Waals surface area contributed by atoms with Gasteiger partial charge in [0, 0.05) is 0 Å². The van der Waals surface area contributed by atoms with E-state index in [9.17, 15) is 4.79 Å². The topological polar surface area (TPSA) is 76.7 Å². The molecule has 0 atom stereocenters. The second-order valence-electron chi connectivity index (χ2n) is 2.63. The van der Waals surface area contributed by atoms with Gasteiger partial charge in [0.05, 0.1) is 11.5 Å². The van der Waals surface area contributed by atoms with Gasteiger partial charge in [-0.15, -0.1) is 11.3 Å². The Labute approximate surface area is 102 Å². The lowest BCUT2D eigenvalue weighted by atomic mass is 10.3. The number of thiocarbonyl (C=S) groups is 1. The third-order valence-corrected chi connectivity index (χ3v) is 2.47. The van der Waals surface area contributed by atoms with Crippen LogP contribution in [-0.4, -0.2) is 23.4 Å². The van der Waals surface area contributed by atoms with Crippen LogP contribution in [-0.2, 0) is 9.53 Å². The van der Waals surface area contributed by atoms with E-state index in [1.807, 2.05) is 11.4 Å². The number of esters is 1. The van der Waals surface area contributed by atoms with Crippen LogP contribution in [0.5, 0.6) is 0 Å². The molecule has 0 saturated carbocycles. The fourth-order valence-corrected chi connectivity index (χ4v) is 1.67. The Morgan fingerprint density at radius 3 is 3.00 bits per heavy atom. The van der Waals surface area contributed by atoms with Crippen molar-refractivity contribution in [3.05, 3.63) is 22.4 Å². The number of ether oxygens (including phenoxy) is 1. The minimum Gasteiger partial charge on any atom is -0.461 e. The van der Waals surface area contributed by atoms with Crippen LogP contribution in [0, 0.1) is 0 Å². The molecule has 0 unspecified atom stereocenters. The molecule has 86 valence electrons. The summed E-state index contributed by atoms with van der Waals surface area (Å²) in [7, 11) is 0. The molecule has 0 aliphatic heterocycles. The van der Waals surface area contributed by atoms with E-state index < -0.39 is 5.97 Å². The van der Waals surface area contributed by atoms with Crippen LogP contribution in [0.25, 0.3) is 0 Å². The molecular formula is C9H11N3O2S2. The third kappa shape index (κ3) is 3.59. The van der Waals surface area contributed by atoms with E-state index in [4.69, 9.17) is 10.5 Å². The quantitative estimate of drug-likeness (QED) is 0.362. The number of carbonyl (C=O) groups excluding carboxylic acids is 1. The molecule has 0 fully saturated rings. The summed E-state index contributed by atoms with van der Waals surface area (Å²) in [5, 5.41) is 5.66. The molecular weight excluding hydrogens is 246 g/mol. The Bertz CT molecular complexity index is 401. The smallest absolute Gasteiger partial charge is 0.360 e. The second kappa shape index (κ2) is 6.19. The highest BCUT2D eigenvalue weighted by Gasteiger charge is 2.16. The number of hydrogen-bond acceptors (Lipinski definition) is 5. The van der Waals surface area contributed by atoms with Crippen molar-refractivity contribution in [3.63, 3.8) is 0 Å². The van der Waals surface area contributed by atoms with E-state index in [1.165, 1.54) is 11.3 Å². The predicted molar refractivity (Wildman–Crippen MR) is 67.4 cm³/mol. The first kappa shape index (κ1) is 12.6. The summed E-state index contributed by atoms with van der Waals surface area (Å²) in [4.78, 5) is 12.3. The number of hydrogen-bond donors (Lipinski definition) is 2. The molecule has 1 heterocycles. The van der Waals surface area contributed by atoms with Crippen molar-refractivity contribution in [2.45, 2.75) is 6.92 Å². The Hall–Kier alpha value is -1.47. The number of nitrogens with zero attached hydrogens (tertiary/aromatic N) is 1. The molecule has 0 saturated heterocycles. The third-order valence-electron chi connectivity index (χ3n) is 1.50. The van der Waals surface area contributed by atoms with Crippen molar-refractivity contribution in [3.8, 4) is 0 Å². The van der Waals surface area contributed by atoms with Crippen LogP contribution >= 0.6 is 23.6 Å². The summed E-state index contributed by atoms with van der Waals surface area (Å²) < 4.78 is 4.87. The van der Waals surface area contributed by atoms with Crippen molar-refractivity contribution in [1.82, 2.24) is 5.43 Å². The van der Waals surface area contributed by atoms with Gasteiger partial charge in [-0.1, -0.05) is 6.07 Å². The first-order valence-corrected chi connectivity index (χ1v) is 5.78. The molecule has 0 bridgehead atoms. The number of thiophene rings is 1. The van der Waals surface area contributed by atoms with Gasteiger partial charge in [-0.25, -0.2) is 4.79 Å². The van der Waals surface area contributed by atoms with Gasteiger partial charge >= 0.3 is 5.97 Å². The second-order valence-corrected chi connectivity index (χ2v) is 4.02. The largest absolute Gasteiger partial charge is 0.461 e. The zero-order valence-corrected chi connectivity index (χ0v) is 10.2. The highest BCUT2D eigenvalue weighted by atomic mass is 32.1. The predicted octanol–water partition coefficient (Wildman–Crippen LogP) is 0.849. The first-order valence-electron chi connectivity index (χ1n) is 4.49. The van der Waals surface area contributed by atoms with E-state index in [2.05, 4.69) is 22.7 Å². The Balaban J connectivity index is 2.90. The lowest BCUT2D eigenvalue weighted by Gasteiger charge is -2.04. The first-order chi connectivity index (χ1) is 7.65.